The second kappa shape index (κ2) is 13.2. The molecule has 0 saturated carbocycles. The SMILES string of the molecule is O=C(CCCC(=O)N1[C@@H]2CC[C@H]1CN(C/C=C/c1ccccc1)C2)N1[C@@H]2CC[C@H]1CN(C/C=C/c1ccccc1)C2. The van der Waals surface area contributed by atoms with E-state index in [0.717, 1.165) is 65.0 Å². The molecule has 0 spiro atoms. The van der Waals surface area contributed by atoms with Gasteiger partial charge in [-0.05, 0) is 43.2 Å². The van der Waals surface area contributed by atoms with E-state index in [2.05, 4.69) is 92.4 Å². The highest BCUT2D eigenvalue weighted by molar-refractivity contribution is 5.80. The number of likely N-dealkylation sites (tertiary alicyclic amines) is 2. The first kappa shape index (κ1) is 27.9. The molecule has 4 heterocycles. The molecule has 2 amide bonds. The zero-order valence-corrected chi connectivity index (χ0v) is 24.2. The lowest BCUT2D eigenvalue weighted by molar-refractivity contribution is -0.138. The average molecular weight is 553 g/mol. The first-order chi connectivity index (χ1) is 20.1. The van der Waals surface area contributed by atoms with Crippen molar-refractivity contribution in [3.8, 4) is 0 Å². The molecule has 41 heavy (non-hydrogen) atoms. The molecule has 0 N–H and O–H groups in total. The van der Waals surface area contributed by atoms with Gasteiger partial charge in [-0.2, -0.15) is 0 Å². The topological polar surface area (TPSA) is 47.1 Å². The molecule has 2 aromatic carbocycles. The zero-order chi connectivity index (χ0) is 28.0. The van der Waals surface area contributed by atoms with Crippen molar-refractivity contribution in [3.05, 3.63) is 83.9 Å². The highest BCUT2D eigenvalue weighted by atomic mass is 16.2. The monoisotopic (exact) mass is 552 g/mol. The Morgan fingerprint density at radius 1 is 0.585 bits per heavy atom. The van der Waals surface area contributed by atoms with Crippen LogP contribution in [0.3, 0.4) is 0 Å². The highest BCUT2D eigenvalue weighted by Gasteiger charge is 2.43. The molecule has 6 heteroatoms. The van der Waals surface area contributed by atoms with Crippen LogP contribution in [-0.2, 0) is 9.59 Å². The van der Waals surface area contributed by atoms with Crippen LogP contribution in [0.15, 0.2) is 72.8 Å². The van der Waals surface area contributed by atoms with Crippen molar-refractivity contribution in [2.45, 2.75) is 69.1 Å². The predicted molar refractivity (Wildman–Crippen MR) is 165 cm³/mol. The summed E-state index contributed by atoms with van der Waals surface area (Å²) >= 11 is 0. The fraction of sp³-hybridized carbons (Fsp3) is 0.486. The number of piperazine rings is 2. The third-order valence-corrected chi connectivity index (χ3v) is 9.42. The number of rotatable bonds is 10. The van der Waals surface area contributed by atoms with E-state index in [1.54, 1.807) is 0 Å². The number of nitrogens with zero attached hydrogens (tertiary/aromatic N) is 4. The molecular weight excluding hydrogens is 508 g/mol. The van der Waals surface area contributed by atoms with E-state index in [-0.39, 0.29) is 11.8 Å². The number of hydrogen-bond donors (Lipinski definition) is 0. The maximum absolute atomic E-state index is 13.3. The van der Waals surface area contributed by atoms with Crippen molar-refractivity contribution in [3.63, 3.8) is 0 Å². The number of amides is 2. The average Bonchev–Trinajstić information content (AvgIpc) is 3.42. The Labute approximate surface area is 245 Å². The van der Waals surface area contributed by atoms with Crippen LogP contribution < -0.4 is 0 Å². The normalized spacial score (nSPS) is 26.4. The van der Waals surface area contributed by atoms with Gasteiger partial charge in [0.15, 0.2) is 0 Å². The molecule has 216 valence electrons. The molecule has 4 bridgehead atoms. The minimum atomic E-state index is 0.253. The van der Waals surface area contributed by atoms with E-state index in [9.17, 15) is 9.59 Å². The molecule has 0 aromatic heterocycles. The highest BCUT2D eigenvalue weighted by Crippen LogP contribution is 2.33. The molecule has 4 aliphatic heterocycles. The quantitative estimate of drug-likeness (QED) is 0.419. The van der Waals surface area contributed by atoms with E-state index in [1.807, 2.05) is 12.1 Å². The second-order valence-corrected chi connectivity index (χ2v) is 12.3. The zero-order valence-electron chi connectivity index (χ0n) is 24.2. The first-order valence-corrected chi connectivity index (χ1v) is 15.6. The van der Waals surface area contributed by atoms with Crippen LogP contribution in [0.4, 0.5) is 0 Å². The van der Waals surface area contributed by atoms with Crippen LogP contribution in [-0.4, -0.2) is 94.8 Å². The molecule has 4 fully saturated rings. The molecule has 0 unspecified atom stereocenters. The first-order valence-electron chi connectivity index (χ1n) is 15.6. The van der Waals surface area contributed by atoms with Gasteiger partial charge in [0.05, 0.1) is 0 Å². The van der Waals surface area contributed by atoms with Gasteiger partial charge < -0.3 is 9.80 Å². The van der Waals surface area contributed by atoms with Gasteiger partial charge in [-0.1, -0.05) is 85.0 Å². The largest absolute Gasteiger partial charge is 0.334 e. The lowest BCUT2D eigenvalue weighted by atomic mass is 10.1. The van der Waals surface area contributed by atoms with Gasteiger partial charge in [0.2, 0.25) is 11.8 Å². The van der Waals surface area contributed by atoms with Gasteiger partial charge in [0.25, 0.3) is 0 Å². The molecule has 4 atom stereocenters. The maximum atomic E-state index is 13.3. The molecule has 2 aromatic rings. The second-order valence-electron chi connectivity index (χ2n) is 12.3. The third kappa shape index (κ3) is 6.82. The van der Waals surface area contributed by atoms with Crippen molar-refractivity contribution in [2.24, 2.45) is 0 Å². The lowest BCUT2D eigenvalue weighted by Crippen LogP contribution is -2.56. The van der Waals surface area contributed by atoms with Crippen molar-refractivity contribution in [1.82, 2.24) is 19.6 Å². The van der Waals surface area contributed by atoms with Gasteiger partial charge in [-0.3, -0.25) is 19.4 Å². The molecule has 0 aliphatic carbocycles. The minimum absolute atomic E-state index is 0.253. The minimum Gasteiger partial charge on any atom is -0.334 e. The Hall–Kier alpha value is -3.22. The van der Waals surface area contributed by atoms with Gasteiger partial charge >= 0.3 is 0 Å². The van der Waals surface area contributed by atoms with Crippen LogP contribution in [0.5, 0.6) is 0 Å². The van der Waals surface area contributed by atoms with Gasteiger partial charge in [-0.15, -0.1) is 0 Å². The van der Waals surface area contributed by atoms with Crippen LogP contribution >= 0.6 is 0 Å². The fourth-order valence-corrected chi connectivity index (χ4v) is 7.55. The molecule has 4 saturated heterocycles. The summed E-state index contributed by atoms with van der Waals surface area (Å²) in [6.45, 7) is 5.67. The number of carbonyl (C=O) groups is 2. The summed E-state index contributed by atoms with van der Waals surface area (Å²) in [7, 11) is 0. The van der Waals surface area contributed by atoms with Crippen LogP contribution in [0.1, 0.15) is 56.1 Å². The summed E-state index contributed by atoms with van der Waals surface area (Å²) in [5, 5.41) is 0. The lowest BCUT2D eigenvalue weighted by Gasteiger charge is -2.41. The molecule has 6 nitrogen and oxygen atoms in total. The molecule has 4 aliphatic rings. The van der Waals surface area contributed by atoms with Gasteiger partial charge in [-0.25, -0.2) is 0 Å². The van der Waals surface area contributed by atoms with E-state index >= 15 is 0 Å². The summed E-state index contributed by atoms with van der Waals surface area (Å²) in [6.07, 6.45) is 14.9. The summed E-state index contributed by atoms with van der Waals surface area (Å²) in [4.78, 5) is 35.9. The summed E-state index contributed by atoms with van der Waals surface area (Å²) < 4.78 is 0. The third-order valence-electron chi connectivity index (χ3n) is 9.42. The van der Waals surface area contributed by atoms with Gasteiger partial charge in [0, 0.05) is 76.3 Å². The maximum Gasteiger partial charge on any atom is 0.223 e. The Morgan fingerprint density at radius 3 is 1.32 bits per heavy atom. The number of hydrogen-bond acceptors (Lipinski definition) is 4. The number of benzene rings is 2. The summed E-state index contributed by atoms with van der Waals surface area (Å²) in [5.74, 6) is 0.505. The summed E-state index contributed by atoms with van der Waals surface area (Å²) in [6, 6.07) is 22.1. The van der Waals surface area contributed by atoms with E-state index in [0.29, 0.717) is 43.4 Å². The van der Waals surface area contributed by atoms with Crippen LogP contribution in [0.25, 0.3) is 12.2 Å². The Balaban J connectivity index is 0.925. The van der Waals surface area contributed by atoms with E-state index in [1.165, 1.54) is 11.1 Å². The standard InChI is InChI=1S/C35H44N4O2/c40-34(38-30-18-19-31(38)25-36(24-30)22-8-14-28-10-3-1-4-11-28)16-7-17-35(41)39-32-20-21-33(39)27-37(26-32)23-9-15-29-12-5-2-6-13-29/h1-6,8-15,30-33H,7,16-27H2/b14-8+,15-9+/t30-,31+,32-,33+. The van der Waals surface area contributed by atoms with E-state index in [4.69, 9.17) is 0 Å². The fourth-order valence-electron chi connectivity index (χ4n) is 7.55. The van der Waals surface area contributed by atoms with Crippen molar-refractivity contribution < 1.29 is 9.59 Å². The van der Waals surface area contributed by atoms with Gasteiger partial charge in [0.1, 0.15) is 0 Å². The number of carbonyl (C=O) groups excluding carboxylic acids is 2. The molecule has 0 radical (unpaired) electrons. The number of fused-ring (bicyclic) bond motifs is 4. The van der Waals surface area contributed by atoms with Crippen LogP contribution in [0, 0.1) is 0 Å². The molecule has 6 rings (SSSR count). The van der Waals surface area contributed by atoms with Crippen molar-refractivity contribution >= 4 is 24.0 Å². The smallest absolute Gasteiger partial charge is 0.223 e. The van der Waals surface area contributed by atoms with Crippen molar-refractivity contribution in [2.75, 3.05) is 39.3 Å². The summed E-state index contributed by atoms with van der Waals surface area (Å²) in [5.41, 5.74) is 2.45. The Morgan fingerprint density at radius 2 is 0.951 bits per heavy atom. The Bertz CT molecular complexity index is 1110. The predicted octanol–water partition coefficient (Wildman–Crippen LogP) is 4.93. The van der Waals surface area contributed by atoms with Crippen LogP contribution in [0.2, 0.25) is 0 Å². The Kier molecular flexibility index (Phi) is 8.97. The molecular formula is C35H44N4O2. The van der Waals surface area contributed by atoms with Crippen molar-refractivity contribution in [1.29, 1.82) is 0 Å². The van der Waals surface area contributed by atoms with E-state index < -0.39 is 0 Å².